The van der Waals surface area contributed by atoms with Crippen LogP contribution in [0.5, 0.6) is 0 Å². The molecule has 1 aliphatic rings. The first-order valence-corrected chi connectivity index (χ1v) is 14.2. The summed E-state index contributed by atoms with van der Waals surface area (Å²) in [4.78, 5) is 48.8. The number of rotatable bonds is 5. The van der Waals surface area contributed by atoms with Crippen LogP contribution in [0.15, 0.2) is 53.5 Å². The topological polar surface area (TPSA) is 104 Å². The minimum absolute atomic E-state index is 0.0182. The first-order chi connectivity index (χ1) is 21.3. The molecule has 0 atom stereocenters. The molecule has 0 spiro atoms. The summed E-state index contributed by atoms with van der Waals surface area (Å²) in [5.41, 5.74) is 0.823. The van der Waals surface area contributed by atoms with Crippen molar-refractivity contribution in [2.24, 2.45) is 0 Å². The van der Waals surface area contributed by atoms with E-state index in [9.17, 15) is 36.3 Å². The molecule has 5 aromatic rings. The van der Waals surface area contributed by atoms with E-state index in [1.165, 1.54) is 39.8 Å². The molecule has 2 aromatic carbocycles. The van der Waals surface area contributed by atoms with Gasteiger partial charge in [0.25, 0.3) is 17.3 Å². The number of carbonyl (C=O) groups is 2. The number of aromatic amines is 2. The summed E-state index contributed by atoms with van der Waals surface area (Å²) < 4.78 is 70.0. The number of likely N-dealkylation sites (tertiary alicyclic amines) is 1. The molecule has 0 bridgehead atoms. The number of piperidine rings is 1. The standard InChI is InChI=1S/C29H20Cl2F5N5O4/c30-19-12-23-26(42)37-13-17(40(23)24(19)31)9-14-1-3-20(33)18(10-14)27(43)39-7-5-15(6-8-39)25-38-21-11-16(32)2-4-22(21)41(25)45-28(44)29(34,35)36/h1-4,10-13,15H,5-9H2,(H,37,42)/p+1. The van der Waals surface area contributed by atoms with Crippen LogP contribution in [0.1, 0.15) is 46.2 Å². The predicted molar refractivity (Wildman–Crippen MR) is 151 cm³/mol. The second-order valence-electron chi connectivity index (χ2n) is 10.5. The molecule has 45 heavy (non-hydrogen) atoms. The average molecular weight is 669 g/mol. The molecule has 3 aromatic heterocycles. The number of nitrogens with zero attached hydrogens (tertiary/aromatic N) is 3. The highest BCUT2D eigenvalue weighted by molar-refractivity contribution is 6.42. The van der Waals surface area contributed by atoms with Gasteiger partial charge in [-0.1, -0.05) is 29.3 Å². The second-order valence-corrected chi connectivity index (χ2v) is 11.3. The number of hydrogen-bond acceptors (Lipinski definition) is 4. The minimum Gasteiger partial charge on any atom is -0.339 e. The SMILES string of the molecule is O=C(c1cc(Cc2c[nH]c(=O)c3cc(Cl)c(Cl)n23)ccc1F)N1CCC(c2[nH]c3cc(F)ccc3[n+]2OC(=O)C(F)(F)F)CC1. The van der Waals surface area contributed by atoms with E-state index >= 15 is 0 Å². The fourth-order valence-corrected chi connectivity index (χ4v) is 5.95. The lowest BCUT2D eigenvalue weighted by atomic mass is 9.95. The third kappa shape index (κ3) is 5.75. The van der Waals surface area contributed by atoms with E-state index < -0.39 is 41.2 Å². The number of carbonyl (C=O) groups excluding carboxylic acids is 2. The number of imidazole rings is 1. The van der Waals surface area contributed by atoms with E-state index in [0.717, 1.165) is 18.2 Å². The molecule has 234 valence electrons. The van der Waals surface area contributed by atoms with Gasteiger partial charge in [-0.3, -0.25) is 14.0 Å². The quantitative estimate of drug-likeness (QED) is 0.201. The van der Waals surface area contributed by atoms with Crippen LogP contribution >= 0.6 is 23.2 Å². The fourth-order valence-electron chi connectivity index (χ4n) is 5.51. The molecule has 0 radical (unpaired) electrons. The van der Waals surface area contributed by atoms with Gasteiger partial charge in [0.2, 0.25) is 5.52 Å². The lowest BCUT2D eigenvalue weighted by Crippen LogP contribution is -2.53. The van der Waals surface area contributed by atoms with Gasteiger partial charge in [-0.2, -0.15) is 13.2 Å². The zero-order valence-corrected chi connectivity index (χ0v) is 24.4. The van der Waals surface area contributed by atoms with E-state index in [4.69, 9.17) is 23.2 Å². The molecule has 0 aliphatic carbocycles. The fraction of sp³-hybridized carbons (Fsp3) is 0.241. The van der Waals surface area contributed by atoms with Crippen molar-refractivity contribution in [2.75, 3.05) is 13.1 Å². The summed E-state index contributed by atoms with van der Waals surface area (Å²) in [5, 5.41) is 0.306. The monoisotopic (exact) mass is 668 g/mol. The van der Waals surface area contributed by atoms with Crippen LogP contribution in [-0.4, -0.2) is 50.4 Å². The van der Waals surface area contributed by atoms with Gasteiger partial charge in [0.1, 0.15) is 22.3 Å². The zero-order valence-electron chi connectivity index (χ0n) is 22.9. The number of benzene rings is 2. The lowest BCUT2D eigenvalue weighted by molar-refractivity contribution is -0.856. The molecule has 6 rings (SSSR count). The van der Waals surface area contributed by atoms with Crippen molar-refractivity contribution >= 4 is 51.6 Å². The van der Waals surface area contributed by atoms with Crippen molar-refractivity contribution in [3.8, 4) is 0 Å². The zero-order chi connectivity index (χ0) is 32.2. The van der Waals surface area contributed by atoms with E-state index in [0.29, 0.717) is 16.0 Å². The Morgan fingerprint density at radius 1 is 1.04 bits per heavy atom. The Morgan fingerprint density at radius 2 is 1.78 bits per heavy atom. The highest BCUT2D eigenvalue weighted by Crippen LogP contribution is 2.30. The van der Waals surface area contributed by atoms with Crippen molar-refractivity contribution in [3.63, 3.8) is 0 Å². The van der Waals surface area contributed by atoms with Gasteiger partial charge in [0.15, 0.2) is 5.52 Å². The molecule has 2 N–H and O–H groups in total. The van der Waals surface area contributed by atoms with Crippen molar-refractivity contribution in [1.29, 1.82) is 0 Å². The molecule has 4 heterocycles. The number of amides is 1. The molecule has 1 aliphatic heterocycles. The van der Waals surface area contributed by atoms with Crippen LogP contribution in [0.25, 0.3) is 16.6 Å². The number of fused-ring (bicyclic) bond motifs is 2. The summed E-state index contributed by atoms with van der Waals surface area (Å²) in [6, 6.07) is 8.73. The van der Waals surface area contributed by atoms with Gasteiger partial charge in [0.05, 0.1) is 16.5 Å². The molecule has 16 heteroatoms. The minimum atomic E-state index is -5.27. The average Bonchev–Trinajstić information content (AvgIpc) is 3.51. The highest BCUT2D eigenvalue weighted by Gasteiger charge is 2.45. The van der Waals surface area contributed by atoms with Crippen LogP contribution in [0.3, 0.4) is 0 Å². The predicted octanol–water partition coefficient (Wildman–Crippen LogP) is 5.11. The Kier molecular flexibility index (Phi) is 7.81. The summed E-state index contributed by atoms with van der Waals surface area (Å²) in [6.07, 6.45) is -3.22. The Morgan fingerprint density at radius 3 is 2.49 bits per heavy atom. The first kappa shape index (κ1) is 30.6. The molecule has 1 saturated heterocycles. The Bertz CT molecular complexity index is 2050. The molecular formula is C29H21Cl2F5N5O4+. The van der Waals surface area contributed by atoms with E-state index in [-0.39, 0.29) is 70.5 Å². The normalized spacial score (nSPS) is 14.4. The van der Waals surface area contributed by atoms with Crippen molar-refractivity contribution in [3.05, 3.63) is 103 Å². The number of hydrogen-bond donors (Lipinski definition) is 2. The molecule has 1 amide bonds. The second kappa shape index (κ2) is 11.5. The number of alkyl halides is 3. The van der Waals surface area contributed by atoms with Crippen molar-refractivity contribution in [1.82, 2.24) is 19.3 Å². The Hall–Kier alpha value is -4.43. The maximum absolute atomic E-state index is 14.9. The first-order valence-electron chi connectivity index (χ1n) is 13.5. The molecule has 0 unspecified atom stereocenters. The van der Waals surface area contributed by atoms with Crippen LogP contribution in [-0.2, 0) is 11.2 Å². The third-order valence-electron chi connectivity index (χ3n) is 7.67. The van der Waals surface area contributed by atoms with Gasteiger partial charge >= 0.3 is 12.1 Å². The van der Waals surface area contributed by atoms with Crippen LogP contribution in [0, 0.1) is 11.6 Å². The van der Waals surface area contributed by atoms with Gasteiger partial charge in [-0.15, -0.1) is 0 Å². The Labute approximate surface area is 259 Å². The van der Waals surface area contributed by atoms with E-state index in [1.807, 2.05) is 0 Å². The maximum Gasteiger partial charge on any atom is 0.495 e. The number of aromatic nitrogens is 4. The summed E-state index contributed by atoms with van der Waals surface area (Å²) >= 11 is 12.4. The number of halogens is 7. The van der Waals surface area contributed by atoms with Crippen LogP contribution < -0.4 is 15.1 Å². The molecule has 1 fully saturated rings. The van der Waals surface area contributed by atoms with Crippen LogP contribution in [0.2, 0.25) is 10.2 Å². The Balaban J connectivity index is 1.22. The summed E-state index contributed by atoms with van der Waals surface area (Å²) in [6.45, 7) is 0.199. The van der Waals surface area contributed by atoms with Crippen molar-refractivity contribution in [2.45, 2.75) is 31.4 Å². The lowest BCUT2D eigenvalue weighted by Gasteiger charge is -2.30. The van der Waals surface area contributed by atoms with Crippen LogP contribution in [0.4, 0.5) is 22.0 Å². The highest BCUT2D eigenvalue weighted by atomic mass is 35.5. The molecular weight excluding hydrogens is 648 g/mol. The third-order valence-corrected chi connectivity index (χ3v) is 8.42. The largest absolute Gasteiger partial charge is 0.495 e. The number of nitrogens with one attached hydrogen (secondary N) is 2. The van der Waals surface area contributed by atoms with E-state index in [1.54, 1.807) is 0 Å². The smallest absolute Gasteiger partial charge is 0.339 e. The summed E-state index contributed by atoms with van der Waals surface area (Å²) in [7, 11) is 0. The van der Waals surface area contributed by atoms with E-state index in [2.05, 4.69) is 14.8 Å². The molecule has 9 nitrogen and oxygen atoms in total. The van der Waals surface area contributed by atoms with Gasteiger partial charge in [0, 0.05) is 37.5 Å². The van der Waals surface area contributed by atoms with Gasteiger partial charge < -0.3 is 9.88 Å². The molecule has 0 saturated carbocycles. The number of H-pyrrole nitrogens is 2. The van der Waals surface area contributed by atoms with Crippen molar-refractivity contribution < 1.29 is 41.1 Å². The van der Waals surface area contributed by atoms with Gasteiger partial charge in [-0.25, -0.2) is 23.4 Å². The summed E-state index contributed by atoms with van der Waals surface area (Å²) in [5.74, 6) is -4.89. The van der Waals surface area contributed by atoms with Gasteiger partial charge in [-0.05, 0) is 53.5 Å². The maximum atomic E-state index is 14.9.